The number of sulfonamides is 1. The molecule has 18 heavy (non-hydrogen) atoms. The van der Waals surface area contributed by atoms with Crippen molar-refractivity contribution in [3.05, 3.63) is 28.8 Å². The lowest BCUT2D eigenvalue weighted by Gasteiger charge is -2.09. The van der Waals surface area contributed by atoms with Crippen molar-refractivity contribution < 1.29 is 18.3 Å². The molecular weight excluding hydrogens is 278 g/mol. The molecule has 1 fully saturated rings. The van der Waals surface area contributed by atoms with Crippen LogP contribution in [0.1, 0.15) is 23.2 Å². The summed E-state index contributed by atoms with van der Waals surface area (Å²) in [4.78, 5) is 10.8. The maximum atomic E-state index is 11.8. The van der Waals surface area contributed by atoms with Gasteiger partial charge in [-0.05, 0) is 37.0 Å². The van der Waals surface area contributed by atoms with E-state index >= 15 is 0 Å². The van der Waals surface area contributed by atoms with E-state index in [-0.39, 0.29) is 27.9 Å². The lowest BCUT2D eigenvalue weighted by atomic mass is 10.2. The van der Waals surface area contributed by atoms with Crippen LogP contribution in [0.2, 0.25) is 5.02 Å². The molecule has 1 aromatic carbocycles. The van der Waals surface area contributed by atoms with Gasteiger partial charge in [0.15, 0.2) is 0 Å². The van der Waals surface area contributed by atoms with E-state index in [1.54, 1.807) is 0 Å². The molecule has 0 atom stereocenters. The fourth-order valence-electron chi connectivity index (χ4n) is 1.54. The lowest BCUT2D eigenvalue weighted by Crippen LogP contribution is -2.18. The van der Waals surface area contributed by atoms with Crippen LogP contribution in [0.25, 0.3) is 0 Å². The summed E-state index contributed by atoms with van der Waals surface area (Å²) >= 11 is 5.84. The van der Waals surface area contributed by atoms with Gasteiger partial charge in [-0.3, -0.25) is 4.72 Å². The van der Waals surface area contributed by atoms with Gasteiger partial charge in [-0.25, -0.2) is 13.2 Å². The van der Waals surface area contributed by atoms with Crippen LogP contribution in [0.15, 0.2) is 18.2 Å². The third-order valence-corrected chi connectivity index (χ3v) is 4.40. The minimum absolute atomic E-state index is 0.0106. The number of carboxylic acid groups (broad SMARTS) is 1. The number of rotatable bonds is 5. The highest BCUT2D eigenvalue weighted by Gasteiger charge is 2.28. The van der Waals surface area contributed by atoms with E-state index < -0.39 is 16.0 Å². The molecule has 2 N–H and O–H groups in total. The Morgan fingerprint density at radius 2 is 2.11 bits per heavy atom. The first kappa shape index (κ1) is 13.2. The molecule has 0 amide bonds. The molecule has 0 saturated heterocycles. The Bertz CT molecular complexity index is 581. The minimum atomic E-state index is -3.46. The van der Waals surface area contributed by atoms with Crippen molar-refractivity contribution in [3.63, 3.8) is 0 Å². The number of anilines is 1. The molecule has 2 rings (SSSR count). The van der Waals surface area contributed by atoms with Crippen molar-refractivity contribution >= 4 is 33.3 Å². The molecule has 0 aromatic heterocycles. The Hall–Kier alpha value is -1.27. The molecular formula is C11H12ClNO4S. The normalized spacial score (nSPS) is 15.4. The van der Waals surface area contributed by atoms with Crippen molar-refractivity contribution in [2.45, 2.75) is 12.8 Å². The van der Waals surface area contributed by atoms with Crippen LogP contribution in [0.3, 0.4) is 0 Å². The largest absolute Gasteiger partial charge is 0.478 e. The van der Waals surface area contributed by atoms with Gasteiger partial charge in [0.25, 0.3) is 0 Å². The van der Waals surface area contributed by atoms with Gasteiger partial charge in [0.2, 0.25) is 10.0 Å². The Morgan fingerprint density at radius 1 is 1.44 bits per heavy atom. The molecule has 0 bridgehead atoms. The summed E-state index contributed by atoms with van der Waals surface area (Å²) in [6.07, 6.45) is 1.84. The summed E-state index contributed by atoms with van der Waals surface area (Å²) in [6, 6.07) is 3.90. The first-order valence-electron chi connectivity index (χ1n) is 5.41. The second-order valence-corrected chi connectivity index (χ2v) is 6.50. The predicted molar refractivity (Wildman–Crippen MR) is 68.5 cm³/mol. The van der Waals surface area contributed by atoms with Crippen molar-refractivity contribution in [2.75, 3.05) is 10.5 Å². The van der Waals surface area contributed by atoms with Crippen LogP contribution in [0, 0.1) is 5.92 Å². The monoisotopic (exact) mass is 289 g/mol. The summed E-state index contributed by atoms with van der Waals surface area (Å²) in [5.74, 6) is -0.862. The highest BCUT2D eigenvalue weighted by Crippen LogP contribution is 2.31. The zero-order chi connectivity index (χ0) is 13.3. The molecule has 0 unspecified atom stereocenters. The van der Waals surface area contributed by atoms with E-state index in [1.807, 2.05) is 0 Å². The van der Waals surface area contributed by atoms with Gasteiger partial charge in [0.1, 0.15) is 0 Å². The first-order chi connectivity index (χ1) is 8.37. The standard InChI is InChI=1S/C11H12ClNO4S/c12-9-4-3-8(11(14)15)5-10(9)13-18(16,17)6-7-1-2-7/h3-5,7,13H,1-2,6H2,(H,14,15). The first-order valence-corrected chi connectivity index (χ1v) is 7.44. The van der Waals surface area contributed by atoms with E-state index in [0.29, 0.717) is 0 Å². The third-order valence-electron chi connectivity index (χ3n) is 2.63. The van der Waals surface area contributed by atoms with Gasteiger partial charge >= 0.3 is 5.97 Å². The molecule has 1 saturated carbocycles. The Kier molecular flexibility index (Phi) is 3.49. The van der Waals surface area contributed by atoms with E-state index in [0.717, 1.165) is 12.8 Å². The molecule has 0 heterocycles. The molecule has 0 spiro atoms. The van der Waals surface area contributed by atoms with Crippen LogP contribution in [0.5, 0.6) is 0 Å². The van der Waals surface area contributed by atoms with Crippen LogP contribution in [-0.2, 0) is 10.0 Å². The maximum absolute atomic E-state index is 11.8. The highest BCUT2D eigenvalue weighted by atomic mass is 35.5. The molecule has 0 aliphatic heterocycles. The number of hydrogen-bond acceptors (Lipinski definition) is 3. The fraction of sp³-hybridized carbons (Fsp3) is 0.364. The molecule has 1 aliphatic rings. The lowest BCUT2D eigenvalue weighted by molar-refractivity contribution is 0.0697. The zero-order valence-corrected chi connectivity index (χ0v) is 11.0. The number of hydrogen-bond donors (Lipinski definition) is 2. The van der Waals surface area contributed by atoms with E-state index in [2.05, 4.69) is 4.72 Å². The molecule has 7 heteroatoms. The average Bonchev–Trinajstić information content (AvgIpc) is 3.03. The average molecular weight is 290 g/mol. The van der Waals surface area contributed by atoms with Gasteiger partial charge in [-0.1, -0.05) is 11.6 Å². The SMILES string of the molecule is O=C(O)c1ccc(Cl)c(NS(=O)(=O)CC2CC2)c1. The molecule has 5 nitrogen and oxygen atoms in total. The third kappa shape index (κ3) is 3.36. The van der Waals surface area contributed by atoms with Crippen LogP contribution in [0.4, 0.5) is 5.69 Å². The van der Waals surface area contributed by atoms with Gasteiger partial charge in [0, 0.05) is 0 Å². The maximum Gasteiger partial charge on any atom is 0.335 e. The Labute approximate surface area is 110 Å². The summed E-state index contributed by atoms with van der Waals surface area (Å²) in [5.41, 5.74) is 0.0979. The van der Waals surface area contributed by atoms with E-state index in [9.17, 15) is 13.2 Å². The van der Waals surface area contributed by atoms with Crippen molar-refractivity contribution in [3.8, 4) is 0 Å². The summed E-state index contributed by atoms with van der Waals surface area (Å²) in [5, 5.41) is 9.01. The second-order valence-electron chi connectivity index (χ2n) is 4.33. The number of aromatic carboxylic acids is 1. The summed E-state index contributed by atoms with van der Waals surface area (Å²) in [6.45, 7) is 0. The smallest absolute Gasteiger partial charge is 0.335 e. The molecule has 98 valence electrons. The number of halogens is 1. The second kappa shape index (κ2) is 4.78. The Balaban J connectivity index is 2.21. The fourth-order valence-corrected chi connectivity index (χ4v) is 3.30. The molecule has 0 radical (unpaired) electrons. The van der Waals surface area contributed by atoms with Crippen LogP contribution in [-0.4, -0.2) is 25.2 Å². The number of benzene rings is 1. The number of carbonyl (C=O) groups is 1. The predicted octanol–water partition coefficient (Wildman–Crippen LogP) is 2.19. The van der Waals surface area contributed by atoms with Gasteiger partial charge in [0.05, 0.1) is 22.0 Å². The number of carboxylic acids is 1. The molecule has 1 aromatic rings. The van der Waals surface area contributed by atoms with E-state index in [1.165, 1.54) is 18.2 Å². The Morgan fingerprint density at radius 3 is 2.67 bits per heavy atom. The van der Waals surface area contributed by atoms with Crippen LogP contribution < -0.4 is 4.72 Å². The van der Waals surface area contributed by atoms with Crippen LogP contribution >= 0.6 is 11.6 Å². The van der Waals surface area contributed by atoms with Crippen molar-refractivity contribution in [1.82, 2.24) is 0 Å². The zero-order valence-electron chi connectivity index (χ0n) is 9.39. The quantitative estimate of drug-likeness (QED) is 0.870. The van der Waals surface area contributed by atoms with Crippen molar-refractivity contribution in [2.24, 2.45) is 5.92 Å². The highest BCUT2D eigenvalue weighted by molar-refractivity contribution is 7.92. The van der Waals surface area contributed by atoms with Gasteiger partial charge in [-0.2, -0.15) is 0 Å². The van der Waals surface area contributed by atoms with Gasteiger partial charge < -0.3 is 5.11 Å². The van der Waals surface area contributed by atoms with Gasteiger partial charge in [-0.15, -0.1) is 0 Å². The molecule has 1 aliphatic carbocycles. The summed E-state index contributed by atoms with van der Waals surface area (Å²) in [7, 11) is -3.46. The van der Waals surface area contributed by atoms with Crippen molar-refractivity contribution in [1.29, 1.82) is 0 Å². The van der Waals surface area contributed by atoms with E-state index in [4.69, 9.17) is 16.7 Å². The minimum Gasteiger partial charge on any atom is -0.478 e. The number of nitrogens with one attached hydrogen (secondary N) is 1. The topological polar surface area (TPSA) is 83.5 Å². The summed E-state index contributed by atoms with van der Waals surface area (Å²) < 4.78 is 25.9.